The van der Waals surface area contributed by atoms with Gasteiger partial charge in [0.25, 0.3) is 0 Å². The number of Topliss-reactive ketones (excluding diaryl/α,β-unsaturated/α-hetero) is 2. The van der Waals surface area contributed by atoms with E-state index in [0.29, 0.717) is 55.0 Å². The lowest BCUT2D eigenvalue weighted by Crippen LogP contribution is -2.31. The van der Waals surface area contributed by atoms with Crippen LogP contribution in [0.25, 0.3) is 0 Å². The molecule has 0 bridgehead atoms. The Bertz CT molecular complexity index is 1180. The summed E-state index contributed by atoms with van der Waals surface area (Å²) < 4.78 is 5.43. The molecular weight excluding hydrogens is 536 g/mol. The number of hydrogen-bond donors (Lipinski definition) is 1. The number of carbonyl (C=O) groups is 4. The predicted molar refractivity (Wildman–Crippen MR) is 165 cm³/mol. The molecular formula is C32H44N2O6Si. The van der Waals surface area contributed by atoms with Crippen LogP contribution in [0.1, 0.15) is 85.9 Å². The molecule has 1 atom stereocenters. The van der Waals surface area contributed by atoms with Gasteiger partial charge in [-0.3, -0.25) is 14.4 Å². The van der Waals surface area contributed by atoms with Gasteiger partial charge in [0.2, 0.25) is 11.7 Å². The van der Waals surface area contributed by atoms with Crippen LogP contribution in [0.15, 0.2) is 59.8 Å². The average molecular weight is 581 g/mol. The highest BCUT2D eigenvalue weighted by atomic mass is 28.4. The lowest BCUT2D eigenvalue weighted by molar-refractivity contribution is -0.118. The third-order valence-electron chi connectivity index (χ3n) is 6.97. The Labute approximate surface area is 245 Å². The average Bonchev–Trinajstić information content (AvgIpc) is 2.97. The van der Waals surface area contributed by atoms with E-state index in [1.807, 2.05) is 20.0 Å². The molecule has 2 aromatic rings. The first-order chi connectivity index (χ1) is 19.6. The highest BCUT2D eigenvalue weighted by Gasteiger charge is 2.25. The van der Waals surface area contributed by atoms with Crippen molar-refractivity contribution in [1.82, 2.24) is 0 Å². The van der Waals surface area contributed by atoms with E-state index in [1.165, 1.54) is 0 Å². The highest BCUT2D eigenvalue weighted by Crippen LogP contribution is 2.20. The Morgan fingerprint density at radius 1 is 0.878 bits per heavy atom. The van der Waals surface area contributed by atoms with E-state index < -0.39 is 14.3 Å². The number of carbonyl (C=O) groups excluding carboxylic acids is 4. The second-order valence-corrected chi connectivity index (χ2v) is 15.1. The van der Waals surface area contributed by atoms with Gasteiger partial charge in [0.15, 0.2) is 8.32 Å². The van der Waals surface area contributed by atoms with Crippen LogP contribution in [0.3, 0.4) is 0 Å². The molecule has 0 saturated carbocycles. The number of unbranched alkanes of at least 4 members (excludes halogenated alkanes) is 2. The van der Waals surface area contributed by atoms with Crippen molar-refractivity contribution in [2.24, 2.45) is 11.1 Å². The molecule has 9 heteroatoms. The van der Waals surface area contributed by atoms with Crippen molar-refractivity contribution >= 4 is 43.2 Å². The third-order valence-corrected chi connectivity index (χ3v) is 9.32. The third kappa shape index (κ3) is 11.9. The monoisotopic (exact) mass is 580 g/mol. The molecule has 0 aliphatic heterocycles. The van der Waals surface area contributed by atoms with E-state index >= 15 is 0 Å². The summed E-state index contributed by atoms with van der Waals surface area (Å²) in [7, 11) is -0.264. The predicted octanol–water partition coefficient (Wildman–Crippen LogP) is 7.22. The van der Waals surface area contributed by atoms with Gasteiger partial charge in [-0.2, -0.15) is 0 Å². The SMILES string of the molecule is CCCCC(CC)/C(=N\OC(=O)c1ccccc1)C(=O)c1ccc(NC(=O)CCCCC(=O)C[Si](C)(C)OC)cc1. The Balaban J connectivity index is 2.00. The van der Waals surface area contributed by atoms with Crippen molar-refractivity contribution in [3.8, 4) is 0 Å². The molecule has 1 unspecified atom stereocenters. The molecule has 2 rings (SSSR count). The lowest BCUT2D eigenvalue weighted by Gasteiger charge is -2.18. The van der Waals surface area contributed by atoms with Gasteiger partial charge in [-0.25, -0.2) is 4.79 Å². The summed E-state index contributed by atoms with van der Waals surface area (Å²) in [6.07, 6.45) is 5.35. The molecule has 0 saturated heterocycles. The van der Waals surface area contributed by atoms with Gasteiger partial charge in [0.1, 0.15) is 11.5 Å². The van der Waals surface area contributed by atoms with E-state index in [0.717, 1.165) is 19.3 Å². The van der Waals surface area contributed by atoms with Crippen LogP contribution in [0.4, 0.5) is 5.69 Å². The first-order valence-corrected chi connectivity index (χ1v) is 17.6. The number of hydrogen-bond acceptors (Lipinski definition) is 7. The molecule has 0 aliphatic rings. The Hall–Kier alpha value is -3.43. The number of ketones is 2. The van der Waals surface area contributed by atoms with Gasteiger partial charge >= 0.3 is 5.97 Å². The van der Waals surface area contributed by atoms with Gasteiger partial charge in [-0.15, -0.1) is 0 Å². The van der Waals surface area contributed by atoms with Gasteiger partial charge in [-0.05, 0) is 75.2 Å². The minimum Gasteiger partial charge on any atom is -0.420 e. The maximum absolute atomic E-state index is 13.5. The second kappa shape index (κ2) is 17.4. The van der Waals surface area contributed by atoms with E-state index in [1.54, 1.807) is 61.7 Å². The number of anilines is 1. The maximum Gasteiger partial charge on any atom is 0.365 e. The zero-order valence-electron chi connectivity index (χ0n) is 25.0. The normalized spacial score (nSPS) is 12.5. The van der Waals surface area contributed by atoms with E-state index in [-0.39, 0.29) is 29.1 Å². The van der Waals surface area contributed by atoms with Crippen LogP contribution in [-0.2, 0) is 18.9 Å². The van der Waals surface area contributed by atoms with Crippen molar-refractivity contribution < 1.29 is 28.4 Å². The second-order valence-electron chi connectivity index (χ2n) is 10.8. The zero-order chi connectivity index (χ0) is 30.3. The molecule has 0 spiro atoms. The van der Waals surface area contributed by atoms with Crippen molar-refractivity contribution in [1.29, 1.82) is 0 Å². The van der Waals surface area contributed by atoms with Crippen LogP contribution in [0.5, 0.6) is 0 Å². The van der Waals surface area contributed by atoms with E-state index in [9.17, 15) is 19.2 Å². The number of nitrogens with zero attached hydrogens (tertiary/aromatic N) is 1. The Kier molecular flexibility index (Phi) is 14.3. The quantitative estimate of drug-likeness (QED) is 0.0498. The summed E-state index contributed by atoms with van der Waals surface area (Å²) in [4.78, 5) is 55.7. The fourth-order valence-corrected chi connectivity index (χ4v) is 5.59. The molecule has 1 amide bonds. The summed E-state index contributed by atoms with van der Waals surface area (Å²) in [5.41, 5.74) is 1.54. The number of rotatable bonds is 18. The lowest BCUT2D eigenvalue weighted by atomic mass is 9.89. The summed E-state index contributed by atoms with van der Waals surface area (Å²) in [5.74, 6) is -1.05. The highest BCUT2D eigenvalue weighted by molar-refractivity contribution is 6.74. The zero-order valence-corrected chi connectivity index (χ0v) is 26.0. The van der Waals surface area contributed by atoms with Gasteiger partial charge < -0.3 is 14.6 Å². The van der Waals surface area contributed by atoms with Crippen LogP contribution in [0, 0.1) is 5.92 Å². The summed E-state index contributed by atoms with van der Waals surface area (Å²) in [5, 5.41) is 6.91. The first kappa shape index (κ1) is 33.8. The molecule has 0 fully saturated rings. The summed E-state index contributed by atoms with van der Waals surface area (Å²) in [6.45, 7) is 8.09. The minimum atomic E-state index is -1.91. The van der Waals surface area contributed by atoms with Crippen LogP contribution in [0.2, 0.25) is 19.1 Å². The Morgan fingerprint density at radius 3 is 2.15 bits per heavy atom. The summed E-state index contributed by atoms with van der Waals surface area (Å²) >= 11 is 0. The molecule has 222 valence electrons. The molecule has 8 nitrogen and oxygen atoms in total. The maximum atomic E-state index is 13.5. The molecule has 0 heterocycles. The standard InChI is InChI=1S/C32H44N2O6Si/c1-6-8-14-24(7-2)30(34-40-32(38)26-15-10-9-11-16-26)31(37)25-19-21-27(22-20-25)33-29(36)18-13-12-17-28(35)23-41(4,5)39-3/h9-11,15-16,19-22,24H,6-8,12-14,17-18,23H2,1-5H3,(H,33,36)/b34-30+. The van der Waals surface area contributed by atoms with Crippen molar-refractivity contribution in [2.75, 3.05) is 12.4 Å². The topological polar surface area (TPSA) is 111 Å². The number of nitrogens with one attached hydrogen (secondary N) is 1. The van der Waals surface area contributed by atoms with Crippen molar-refractivity contribution in [2.45, 2.75) is 84.4 Å². The van der Waals surface area contributed by atoms with Crippen LogP contribution < -0.4 is 5.32 Å². The fourth-order valence-electron chi connectivity index (χ4n) is 4.32. The number of benzene rings is 2. The van der Waals surface area contributed by atoms with Crippen LogP contribution >= 0.6 is 0 Å². The van der Waals surface area contributed by atoms with Gasteiger partial charge in [0.05, 0.1) is 5.56 Å². The Morgan fingerprint density at radius 2 is 1.54 bits per heavy atom. The van der Waals surface area contributed by atoms with Gasteiger partial charge in [0, 0.05) is 43.2 Å². The number of oxime groups is 1. The smallest absolute Gasteiger partial charge is 0.365 e. The summed E-state index contributed by atoms with van der Waals surface area (Å²) in [6, 6.07) is 15.6. The molecule has 0 aliphatic carbocycles. The minimum absolute atomic E-state index is 0.149. The number of amides is 1. The molecule has 1 N–H and O–H groups in total. The van der Waals surface area contributed by atoms with Crippen molar-refractivity contribution in [3.05, 3.63) is 65.7 Å². The van der Waals surface area contributed by atoms with Gasteiger partial charge in [-0.1, -0.05) is 50.0 Å². The van der Waals surface area contributed by atoms with E-state index in [4.69, 9.17) is 9.26 Å². The largest absolute Gasteiger partial charge is 0.420 e. The molecule has 41 heavy (non-hydrogen) atoms. The molecule has 2 aromatic carbocycles. The van der Waals surface area contributed by atoms with Crippen molar-refractivity contribution in [3.63, 3.8) is 0 Å². The van der Waals surface area contributed by atoms with E-state index in [2.05, 4.69) is 17.4 Å². The fraction of sp³-hybridized carbons (Fsp3) is 0.469. The van der Waals surface area contributed by atoms with Crippen LogP contribution in [-0.4, -0.2) is 44.6 Å². The molecule has 0 radical (unpaired) electrons. The molecule has 0 aromatic heterocycles. The first-order valence-electron chi connectivity index (χ1n) is 14.5.